The second-order valence-corrected chi connectivity index (χ2v) is 7.12. The summed E-state index contributed by atoms with van der Waals surface area (Å²) in [4.78, 5) is 16.7. The second kappa shape index (κ2) is 8.94. The van der Waals surface area contributed by atoms with Gasteiger partial charge in [-0.3, -0.25) is 4.79 Å². The zero-order valence-electron chi connectivity index (χ0n) is 16.4. The number of rotatable bonds is 7. The maximum absolute atomic E-state index is 12.1. The molecule has 0 saturated carbocycles. The first-order valence-electron chi connectivity index (χ1n) is 9.55. The molecular weight excluding hydrogens is 400 g/mol. The van der Waals surface area contributed by atoms with E-state index in [0.717, 1.165) is 29.1 Å². The van der Waals surface area contributed by atoms with E-state index in [-0.39, 0.29) is 5.91 Å². The van der Waals surface area contributed by atoms with Crippen molar-refractivity contribution < 1.29 is 4.79 Å². The molecule has 0 aliphatic carbocycles. The van der Waals surface area contributed by atoms with Gasteiger partial charge in [0.15, 0.2) is 5.65 Å². The van der Waals surface area contributed by atoms with Gasteiger partial charge in [0.1, 0.15) is 0 Å². The average Bonchev–Trinajstić information content (AvgIpc) is 3.17. The van der Waals surface area contributed by atoms with Gasteiger partial charge in [-0.25, -0.2) is 4.52 Å². The van der Waals surface area contributed by atoms with Crippen molar-refractivity contribution in [3.8, 4) is 11.3 Å². The van der Waals surface area contributed by atoms with Crippen LogP contribution in [0.1, 0.15) is 10.4 Å². The Labute approximate surface area is 179 Å². The fourth-order valence-electron chi connectivity index (χ4n) is 3.03. The lowest BCUT2D eigenvalue weighted by Gasteiger charge is -2.06. The van der Waals surface area contributed by atoms with Crippen LogP contribution in [-0.4, -0.2) is 40.6 Å². The molecule has 3 N–H and O–H groups in total. The number of halogens is 1. The fourth-order valence-corrected chi connectivity index (χ4v) is 3.16. The molecule has 0 bridgehead atoms. The number of carbonyl (C=O) groups is 1. The molecule has 0 aliphatic heterocycles. The Morgan fingerprint density at radius 1 is 1.00 bits per heavy atom. The first-order valence-corrected chi connectivity index (χ1v) is 9.93. The highest BCUT2D eigenvalue weighted by molar-refractivity contribution is 6.30. The minimum atomic E-state index is -0.102. The summed E-state index contributed by atoms with van der Waals surface area (Å²) in [5.41, 5.74) is 4.04. The van der Waals surface area contributed by atoms with Crippen LogP contribution in [0, 0.1) is 0 Å². The van der Waals surface area contributed by atoms with Crippen LogP contribution in [0.3, 0.4) is 0 Å². The van der Waals surface area contributed by atoms with Crippen LogP contribution in [0.5, 0.6) is 0 Å². The lowest BCUT2D eigenvalue weighted by Crippen LogP contribution is -2.30. The third-order valence-corrected chi connectivity index (χ3v) is 4.82. The van der Waals surface area contributed by atoms with Gasteiger partial charge < -0.3 is 16.0 Å². The first-order chi connectivity index (χ1) is 14.6. The monoisotopic (exact) mass is 420 g/mol. The lowest BCUT2D eigenvalue weighted by atomic mass is 10.1. The summed E-state index contributed by atoms with van der Waals surface area (Å²) in [6.07, 6.45) is 0. The molecular formula is C22H21ClN6O. The van der Waals surface area contributed by atoms with Gasteiger partial charge in [-0.2, -0.15) is 4.98 Å². The number of pyridine rings is 1. The van der Waals surface area contributed by atoms with E-state index in [1.54, 1.807) is 16.6 Å². The average molecular weight is 421 g/mol. The topological polar surface area (TPSA) is 83.3 Å². The van der Waals surface area contributed by atoms with Gasteiger partial charge in [0, 0.05) is 34.9 Å². The first kappa shape index (κ1) is 19.9. The molecule has 0 saturated heterocycles. The third-order valence-electron chi connectivity index (χ3n) is 4.56. The van der Waals surface area contributed by atoms with Crippen LogP contribution in [-0.2, 0) is 0 Å². The fraction of sp³-hybridized carbons (Fsp3) is 0.136. The van der Waals surface area contributed by atoms with Crippen LogP contribution in [0.2, 0.25) is 5.02 Å². The summed E-state index contributed by atoms with van der Waals surface area (Å²) in [6.45, 7) is 1.30. The molecule has 0 radical (unpaired) electrons. The summed E-state index contributed by atoms with van der Waals surface area (Å²) < 4.78 is 1.79. The molecule has 7 nitrogen and oxygen atoms in total. The Balaban J connectivity index is 1.52. The Bertz CT molecular complexity index is 1150. The molecule has 8 heteroatoms. The molecule has 4 rings (SSSR count). The number of aromatic nitrogens is 3. The van der Waals surface area contributed by atoms with E-state index in [1.165, 1.54) is 0 Å². The summed E-state index contributed by atoms with van der Waals surface area (Å²) in [5, 5.41) is 14.3. The number of nitrogens with one attached hydrogen (secondary N) is 3. The van der Waals surface area contributed by atoms with Crippen LogP contribution in [0.15, 0.2) is 66.7 Å². The number of benzene rings is 2. The normalized spacial score (nSPS) is 10.9. The quantitative estimate of drug-likeness (QED) is 0.397. The molecule has 2 heterocycles. The molecule has 1 amide bonds. The van der Waals surface area contributed by atoms with Gasteiger partial charge in [0.05, 0.1) is 5.69 Å². The number of carbonyl (C=O) groups excluding carboxylic acids is 1. The zero-order valence-corrected chi connectivity index (χ0v) is 17.1. The van der Waals surface area contributed by atoms with Crippen molar-refractivity contribution in [3.05, 3.63) is 77.3 Å². The molecule has 0 aliphatic rings. The standard InChI is InChI=1S/C22H21ClN6O/c1-24-13-14-25-21(30)16-7-11-18(12-8-16)26-22-27-20-4-2-3-19(29(20)28-22)15-5-9-17(23)10-6-15/h2-12,24H,13-14H2,1H3,(H,25,30)(H,26,28). The van der Waals surface area contributed by atoms with Gasteiger partial charge >= 0.3 is 0 Å². The van der Waals surface area contributed by atoms with Crippen LogP contribution < -0.4 is 16.0 Å². The molecule has 0 atom stereocenters. The molecule has 2 aromatic heterocycles. The number of anilines is 2. The maximum Gasteiger partial charge on any atom is 0.251 e. The van der Waals surface area contributed by atoms with Crippen molar-refractivity contribution in [2.24, 2.45) is 0 Å². The molecule has 0 spiro atoms. The van der Waals surface area contributed by atoms with Gasteiger partial charge in [0.2, 0.25) is 5.95 Å². The number of nitrogens with zero attached hydrogens (tertiary/aromatic N) is 3. The molecule has 2 aromatic carbocycles. The molecule has 0 fully saturated rings. The van der Waals surface area contributed by atoms with E-state index in [9.17, 15) is 4.79 Å². The van der Waals surface area contributed by atoms with Crippen molar-refractivity contribution in [2.45, 2.75) is 0 Å². The highest BCUT2D eigenvalue weighted by Gasteiger charge is 2.10. The van der Waals surface area contributed by atoms with Crippen LogP contribution in [0.4, 0.5) is 11.6 Å². The van der Waals surface area contributed by atoms with Crippen molar-refractivity contribution in [1.29, 1.82) is 0 Å². The molecule has 152 valence electrons. The van der Waals surface area contributed by atoms with Gasteiger partial charge in [-0.05, 0) is 55.6 Å². The number of fused-ring (bicyclic) bond motifs is 1. The van der Waals surface area contributed by atoms with Gasteiger partial charge in [-0.15, -0.1) is 5.10 Å². The van der Waals surface area contributed by atoms with Crippen molar-refractivity contribution in [3.63, 3.8) is 0 Å². The highest BCUT2D eigenvalue weighted by Crippen LogP contribution is 2.23. The van der Waals surface area contributed by atoms with E-state index in [2.05, 4.69) is 26.0 Å². The zero-order chi connectivity index (χ0) is 20.9. The predicted octanol–water partition coefficient (Wildman–Crippen LogP) is 3.74. The summed E-state index contributed by atoms with van der Waals surface area (Å²) in [6, 6.07) is 20.6. The highest BCUT2D eigenvalue weighted by atomic mass is 35.5. The Hall–Kier alpha value is -3.42. The van der Waals surface area contributed by atoms with E-state index >= 15 is 0 Å². The Kier molecular flexibility index (Phi) is 5.92. The molecule has 4 aromatic rings. The lowest BCUT2D eigenvalue weighted by molar-refractivity contribution is 0.0954. The Morgan fingerprint density at radius 2 is 1.77 bits per heavy atom. The molecule has 0 unspecified atom stereocenters. The largest absolute Gasteiger partial charge is 0.351 e. The Morgan fingerprint density at radius 3 is 2.50 bits per heavy atom. The van der Waals surface area contributed by atoms with Crippen molar-refractivity contribution >= 4 is 34.8 Å². The third kappa shape index (κ3) is 4.42. The number of hydrogen-bond donors (Lipinski definition) is 3. The van der Waals surface area contributed by atoms with E-state index in [0.29, 0.717) is 23.1 Å². The maximum atomic E-state index is 12.1. The van der Waals surface area contributed by atoms with E-state index in [4.69, 9.17) is 11.6 Å². The predicted molar refractivity (Wildman–Crippen MR) is 119 cm³/mol. The van der Waals surface area contributed by atoms with E-state index < -0.39 is 0 Å². The van der Waals surface area contributed by atoms with Crippen molar-refractivity contribution in [1.82, 2.24) is 25.2 Å². The number of hydrogen-bond acceptors (Lipinski definition) is 5. The van der Waals surface area contributed by atoms with E-state index in [1.807, 2.05) is 61.6 Å². The van der Waals surface area contributed by atoms with Gasteiger partial charge in [-0.1, -0.05) is 29.8 Å². The molecule has 30 heavy (non-hydrogen) atoms. The summed E-state index contributed by atoms with van der Waals surface area (Å²) in [5.74, 6) is 0.373. The smallest absolute Gasteiger partial charge is 0.251 e. The SMILES string of the molecule is CNCCNC(=O)c1ccc(Nc2nc3cccc(-c4ccc(Cl)cc4)n3n2)cc1. The minimum absolute atomic E-state index is 0.102. The van der Waals surface area contributed by atoms with Gasteiger partial charge in [0.25, 0.3) is 5.91 Å². The number of amides is 1. The second-order valence-electron chi connectivity index (χ2n) is 6.69. The summed E-state index contributed by atoms with van der Waals surface area (Å²) in [7, 11) is 1.85. The van der Waals surface area contributed by atoms with Crippen LogP contribution >= 0.6 is 11.6 Å². The minimum Gasteiger partial charge on any atom is -0.351 e. The summed E-state index contributed by atoms with van der Waals surface area (Å²) >= 11 is 6.00. The number of likely N-dealkylation sites (N-methyl/N-ethyl adjacent to an activating group) is 1. The van der Waals surface area contributed by atoms with Crippen LogP contribution in [0.25, 0.3) is 16.9 Å². The van der Waals surface area contributed by atoms with Crippen molar-refractivity contribution in [2.75, 3.05) is 25.5 Å².